The van der Waals surface area contributed by atoms with Crippen molar-refractivity contribution in [1.82, 2.24) is 5.32 Å². The average Bonchev–Trinajstić information content (AvgIpc) is 2.26. The zero-order valence-corrected chi connectivity index (χ0v) is 8.37. The average molecular weight is 214 g/mol. The summed E-state index contributed by atoms with van der Waals surface area (Å²) in [6, 6.07) is 9.15. The fourth-order valence-corrected chi connectivity index (χ4v) is 1.15. The Morgan fingerprint density at radius 3 is 2.64 bits per heavy atom. The van der Waals surface area contributed by atoms with E-state index in [2.05, 4.69) is 5.32 Å². The number of rotatable bonds is 4. The van der Waals surface area contributed by atoms with E-state index in [1.165, 1.54) is 0 Å². The van der Waals surface area contributed by atoms with Crippen LogP contribution in [0.5, 0.6) is 0 Å². The highest BCUT2D eigenvalue weighted by atomic mass is 35.5. The lowest BCUT2D eigenvalue weighted by Gasteiger charge is -2.11. The van der Waals surface area contributed by atoms with E-state index in [9.17, 15) is 9.90 Å². The molecular weight excluding hydrogens is 202 g/mol. The van der Waals surface area contributed by atoms with Gasteiger partial charge < -0.3 is 10.4 Å². The van der Waals surface area contributed by atoms with E-state index in [1.807, 2.05) is 18.2 Å². The first-order valence-electron chi connectivity index (χ1n) is 4.29. The van der Waals surface area contributed by atoms with Crippen LogP contribution in [0.2, 0.25) is 0 Å². The van der Waals surface area contributed by atoms with Crippen molar-refractivity contribution < 1.29 is 9.90 Å². The molecule has 0 unspecified atom stereocenters. The van der Waals surface area contributed by atoms with Crippen LogP contribution in [0.15, 0.2) is 30.3 Å². The topological polar surface area (TPSA) is 49.3 Å². The number of benzene rings is 1. The Bertz CT molecular complexity index is 289. The molecule has 0 aliphatic heterocycles. The van der Waals surface area contributed by atoms with Gasteiger partial charge in [0.2, 0.25) is 5.91 Å². The number of nitrogens with one attached hydrogen (secondary N) is 1. The summed E-state index contributed by atoms with van der Waals surface area (Å²) in [5.41, 5.74) is 0.780. The number of aliphatic hydroxyl groups is 1. The van der Waals surface area contributed by atoms with Gasteiger partial charge in [0.05, 0.1) is 6.10 Å². The molecular formula is C10H12ClNO2. The van der Waals surface area contributed by atoms with Crippen LogP contribution >= 0.6 is 11.6 Å². The molecule has 0 spiro atoms. The Morgan fingerprint density at radius 1 is 1.43 bits per heavy atom. The predicted octanol–water partition coefficient (Wildman–Crippen LogP) is 1.07. The minimum absolute atomic E-state index is 0.0818. The molecule has 0 radical (unpaired) electrons. The summed E-state index contributed by atoms with van der Waals surface area (Å²) in [5, 5.41) is 12.1. The molecule has 0 saturated carbocycles. The van der Waals surface area contributed by atoms with Crippen molar-refractivity contribution in [2.24, 2.45) is 0 Å². The third kappa shape index (κ3) is 3.36. The molecule has 1 amide bonds. The SMILES string of the molecule is O=C(CCl)NC[C@@H](O)c1ccccc1. The van der Waals surface area contributed by atoms with E-state index in [-0.39, 0.29) is 18.3 Å². The summed E-state index contributed by atoms with van der Waals surface area (Å²) in [6.07, 6.45) is -0.677. The van der Waals surface area contributed by atoms with E-state index in [0.717, 1.165) is 5.56 Å². The normalized spacial score (nSPS) is 12.1. The lowest BCUT2D eigenvalue weighted by atomic mass is 10.1. The number of carbonyl (C=O) groups excluding carboxylic acids is 1. The highest BCUT2D eigenvalue weighted by molar-refractivity contribution is 6.27. The van der Waals surface area contributed by atoms with Gasteiger partial charge in [-0.3, -0.25) is 4.79 Å². The highest BCUT2D eigenvalue weighted by Gasteiger charge is 2.07. The van der Waals surface area contributed by atoms with E-state index in [4.69, 9.17) is 11.6 Å². The summed E-state index contributed by atoms with van der Waals surface area (Å²) >= 11 is 5.29. The van der Waals surface area contributed by atoms with Gasteiger partial charge in [0, 0.05) is 6.54 Å². The third-order valence-corrected chi connectivity index (χ3v) is 2.04. The molecule has 14 heavy (non-hydrogen) atoms. The first-order chi connectivity index (χ1) is 6.74. The maximum atomic E-state index is 10.8. The Morgan fingerprint density at radius 2 is 2.07 bits per heavy atom. The lowest BCUT2D eigenvalue weighted by Crippen LogP contribution is -2.29. The van der Waals surface area contributed by atoms with Gasteiger partial charge >= 0.3 is 0 Å². The van der Waals surface area contributed by atoms with Gasteiger partial charge in [-0.25, -0.2) is 0 Å². The van der Waals surface area contributed by atoms with Crippen molar-refractivity contribution in [2.75, 3.05) is 12.4 Å². The number of halogens is 1. The van der Waals surface area contributed by atoms with E-state index in [1.54, 1.807) is 12.1 Å². The van der Waals surface area contributed by atoms with Gasteiger partial charge in [-0.05, 0) is 5.56 Å². The smallest absolute Gasteiger partial charge is 0.235 e. The summed E-state index contributed by atoms with van der Waals surface area (Å²) in [7, 11) is 0. The molecule has 4 heteroatoms. The van der Waals surface area contributed by atoms with Crippen LogP contribution in [0.25, 0.3) is 0 Å². The molecule has 2 N–H and O–H groups in total. The molecule has 0 bridgehead atoms. The monoisotopic (exact) mass is 213 g/mol. The molecule has 0 aliphatic carbocycles. The van der Waals surface area contributed by atoms with Crippen molar-refractivity contribution in [1.29, 1.82) is 0 Å². The minimum atomic E-state index is -0.677. The van der Waals surface area contributed by atoms with Gasteiger partial charge in [-0.2, -0.15) is 0 Å². The van der Waals surface area contributed by atoms with Crippen LogP contribution in [-0.4, -0.2) is 23.4 Å². The molecule has 1 atom stereocenters. The number of amides is 1. The Balaban J connectivity index is 2.43. The fraction of sp³-hybridized carbons (Fsp3) is 0.300. The van der Waals surface area contributed by atoms with Crippen LogP contribution in [0, 0.1) is 0 Å². The van der Waals surface area contributed by atoms with Crippen LogP contribution in [0.3, 0.4) is 0 Å². The van der Waals surface area contributed by atoms with Gasteiger partial charge in [0.25, 0.3) is 0 Å². The summed E-state index contributed by atoms with van der Waals surface area (Å²) in [5.74, 6) is -0.358. The minimum Gasteiger partial charge on any atom is -0.387 e. The summed E-state index contributed by atoms with van der Waals surface area (Å²) in [4.78, 5) is 10.8. The summed E-state index contributed by atoms with van der Waals surface area (Å²) < 4.78 is 0. The molecule has 76 valence electrons. The lowest BCUT2D eigenvalue weighted by molar-refractivity contribution is -0.119. The van der Waals surface area contributed by atoms with Crippen molar-refractivity contribution in [3.8, 4) is 0 Å². The van der Waals surface area contributed by atoms with Crippen LogP contribution in [0.4, 0.5) is 0 Å². The molecule has 1 rings (SSSR count). The van der Waals surface area contributed by atoms with Crippen LogP contribution < -0.4 is 5.32 Å². The van der Waals surface area contributed by atoms with Gasteiger partial charge in [-0.1, -0.05) is 30.3 Å². The van der Waals surface area contributed by atoms with Crippen LogP contribution in [0.1, 0.15) is 11.7 Å². The first kappa shape index (κ1) is 11.0. The second kappa shape index (κ2) is 5.62. The predicted molar refractivity (Wildman–Crippen MR) is 55.1 cm³/mol. The second-order valence-corrected chi connectivity index (χ2v) is 3.13. The molecule has 3 nitrogen and oxygen atoms in total. The molecule has 1 aromatic carbocycles. The Labute approximate surface area is 87.7 Å². The maximum Gasteiger partial charge on any atom is 0.235 e. The number of hydrogen-bond acceptors (Lipinski definition) is 2. The largest absolute Gasteiger partial charge is 0.387 e. The number of carbonyl (C=O) groups is 1. The van der Waals surface area contributed by atoms with E-state index < -0.39 is 6.10 Å². The maximum absolute atomic E-state index is 10.8. The molecule has 0 saturated heterocycles. The zero-order valence-electron chi connectivity index (χ0n) is 7.61. The Kier molecular flexibility index (Phi) is 4.43. The van der Waals surface area contributed by atoms with Gasteiger partial charge in [-0.15, -0.1) is 11.6 Å². The Hall–Kier alpha value is -1.06. The first-order valence-corrected chi connectivity index (χ1v) is 4.83. The van der Waals surface area contributed by atoms with Crippen molar-refractivity contribution in [3.05, 3.63) is 35.9 Å². The quantitative estimate of drug-likeness (QED) is 0.736. The molecule has 0 aromatic heterocycles. The third-order valence-electron chi connectivity index (χ3n) is 1.80. The highest BCUT2D eigenvalue weighted by Crippen LogP contribution is 2.10. The van der Waals surface area contributed by atoms with Gasteiger partial charge in [0.1, 0.15) is 5.88 Å². The zero-order chi connectivity index (χ0) is 10.4. The molecule has 0 heterocycles. The molecule has 1 aromatic rings. The van der Waals surface area contributed by atoms with E-state index in [0.29, 0.717) is 0 Å². The summed E-state index contributed by atoms with van der Waals surface area (Å²) in [6.45, 7) is 0.190. The van der Waals surface area contributed by atoms with Gasteiger partial charge in [0.15, 0.2) is 0 Å². The standard InChI is InChI=1S/C10H12ClNO2/c11-6-10(14)12-7-9(13)8-4-2-1-3-5-8/h1-5,9,13H,6-7H2,(H,12,14)/t9-/m1/s1. The van der Waals surface area contributed by atoms with Crippen molar-refractivity contribution in [3.63, 3.8) is 0 Å². The van der Waals surface area contributed by atoms with Crippen molar-refractivity contribution >= 4 is 17.5 Å². The number of hydrogen-bond donors (Lipinski definition) is 2. The molecule has 0 fully saturated rings. The van der Waals surface area contributed by atoms with Crippen LogP contribution in [-0.2, 0) is 4.79 Å². The molecule has 0 aliphatic rings. The van der Waals surface area contributed by atoms with E-state index >= 15 is 0 Å². The number of alkyl halides is 1. The van der Waals surface area contributed by atoms with Crippen molar-refractivity contribution in [2.45, 2.75) is 6.10 Å². The number of aliphatic hydroxyl groups excluding tert-OH is 1. The second-order valence-electron chi connectivity index (χ2n) is 2.86. The fourth-order valence-electron chi connectivity index (χ4n) is 1.05.